The lowest BCUT2D eigenvalue weighted by Gasteiger charge is -2.24. The van der Waals surface area contributed by atoms with E-state index in [1.165, 1.54) is 12.8 Å². The molecule has 0 amide bonds. The van der Waals surface area contributed by atoms with Crippen LogP contribution in [-0.2, 0) is 0 Å². The van der Waals surface area contributed by atoms with Gasteiger partial charge in [-0.1, -0.05) is 0 Å². The van der Waals surface area contributed by atoms with Gasteiger partial charge in [-0.15, -0.1) is 0 Å². The highest BCUT2D eigenvalue weighted by molar-refractivity contribution is 5.82. The number of hydrogen-bond donors (Lipinski definition) is 2. The van der Waals surface area contributed by atoms with Crippen LogP contribution in [0.15, 0.2) is 12.7 Å². The molecule has 0 radical (unpaired) electrons. The summed E-state index contributed by atoms with van der Waals surface area (Å²) >= 11 is 0. The van der Waals surface area contributed by atoms with E-state index in [1.807, 2.05) is 0 Å². The number of H-pyrrole nitrogens is 1. The lowest BCUT2D eigenvalue weighted by molar-refractivity contribution is 0.340. The second kappa shape index (κ2) is 3.91. The maximum Gasteiger partial charge on any atom is 0.182 e. The van der Waals surface area contributed by atoms with E-state index in [0.29, 0.717) is 6.04 Å². The van der Waals surface area contributed by atoms with Crippen molar-refractivity contribution >= 4 is 17.0 Å². The first-order valence-corrected chi connectivity index (χ1v) is 6.54. The van der Waals surface area contributed by atoms with Gasteiger partial charge in [-0.3, -0.25) is 0 Å². The molecule has 2 atom stereocenters. The molecule has 2 aromatic rings. The van der Waals surface area contributed by atoms with Gasteiger partial charge in [0.1, 0.15) is 11.8 Å². The van der Waals surface area contributed by atoms with E-state index >= 15 is 0 Å². The molecule has 0 saturated carbocycles. The van der Waals surface area contributed by atoms with Crippen molar-refractivity contribution < 1.29 is 0 Å². The Labute approximate surface area is 105 Å². The lowest BCUT2D eigenvalue weighted by atomic mass is 9.94. The molecule has 18 heavy (non-hydrogen) atoms. The number of piperidine rings is 1. The standard InChI is InChI=1S/C12H16N6/c1-2-8-4-18(5-9(8)13-3-1)12-10-11(15-6-14-10)16-7-17-12/h6-9,13H,1-5H2,(H,14,15,16,17)/t8-,9+/m0/s1. The van der Waals surface area contributed by atoms with E-state index < -0.39 is 0 Å². The molecule has 6 heteroatoms. The second-order valence-electron chi connectivity index (χ2n) is 5.17. The van der Waals surface area contributed by atoms with Crippen LogP contribution in [0, 0.1) is 5.92 Å². The van der Waals surface area contributed by atoms with Crippen LogP contribution in [0.25, 0.3) is 11.2 Å². The van der Waals surface area contributed by atoms with Gasteiger partial charge < -0.3 is 15.2 Å². The third-order valence-corrected chi connectivity index (χ3v) is 4.10. The number of aromatic nitrogens is 4. The third-order valence-electron chi connectivity index (χ3n) is 4.10. The number of hydrogen-bond acceptors (Lipinski definition) is 5. The van der Waals surface area contributed by atoms with Crippen molar-refractivity contribution in [1.29, 1.82) is 0 Å². The summed E-state index contributed by atoms with van der Waals surface area (Å²) in [5.74, 6) is 1.75. The molecule has 2 aliphatic heterocycles. The van der Waals surface area contributed by atoms with Crippen LogP contribution in [0.1, 0.15) is 12.8 Å². The van der Waals surface area contributed by atoms with Crippen molar-refractivity contribution in [2.45, 2.75) is 18.9 Å². The van der Waals surface area contributed by atoms with Gasteiger partial charge >= 0.3 is 0 Å². The van der Waals surface area contributed by atoms with E-state index in [-0.39, 0.29) is 0 Å². The zero-order valence-corrected chi connectivity index (χ0v) is 10.1. The SMILES string of the molecule is c1nc(N2C[C@@H]3CCCN[C@@H]3C2)c2[nH]cnc2n1. The highest BCUT2D eigenvalue weighted by atomic mass is 15.3. The number of aromatic amines is 1. The number of rotatable bonds is 1. The minimum atomic E-state index is 0.617. The molecule has 0 aliphatic carbocycles. The molecular formula is C12H16N6. The summed E-state index contributed by atoms with van der Waals surface area (Å²) < 4.78 is 0. The van der Waals surface area contributed by atoms with Gasteiger partial charge in [-0.2, -0.15) is 0 Å². The Hall–Kier alpha value is -1.69. The first-order chi connectivity index (χ1) is 8.92. The van der Waals surface area contributed by atoms with Crippen molar-refractivity contribution in [3.8, 4) is 0 Å². The van der Waals surface area contributed by atoms with Gasteiger partial charge in [0.25, 0.3) is 0 Å². The number of nitrogens with zero attached hydrogens (tertiary/aromatic N) is 4. The largest absolute Gasteiger partial charge is 0.353 e. The second-order valence-corrected chi connectivity index (χ2v) is 5.17. The molecule has 4 heterocycles. The predicted octanol–water partition coefficient (Wildman–Crippen LogP) is 0.541. The van der Waals surface area contributed by atoms with Gasteiger partial charge in [-0.25, -0.2) is 15.0 Å². The van der Waals surface area contributed by atoms with Gasteiger partial charge in [0.15, 0.2) is 11.5 Å². The van der Waals surface area contributed by atoms with Crippen LogP contribution in [0.5, 0.6) is 0 Å². The Kier molecular flexibility index (Phi) is 2.23. The Morgan fingerprint density at radius 2 is 2.22 bits per heavy atom. The average molecular weight is 244 g/mol. The maximum atomic E-state index is 4.43. The molecule has 2 saturated heterocycles. The first kappa shape index (κ1) is 10.3. The number of fused-ring (bicyclic) bond motifs is 2. The molecule has 0 bridgehead atoms. The molecule has 2 aliphatic rings. The van der Waals surface area contributed by atoms with Crippen LogP contribution < -0.4 is 10.2 Å². The molecule has 0 aromatic carbocycles. The summed E-state index contributed by atoms with van der Waals surface area (Å²) in [6, 6.07) is 0.617. The van der Waals surface area contributed by atoms with E-state index in [4.69, 9.17) is 0 Å². The molecule has 4 rings (SSSR count). The van der Waals surface area contributed by atoms with Crippen molar-refractivity contribution in [2.24, 2.45) is 5.92 Å². The Bertz CT molecular complexity index is 550. The molecule has 2 aromatic heterocycles. The van der Waals surface area contributed by atoms with Crippen LogP contribution >= 0.6 is 0 Å². The lowest BCUT2D eigenvalue weighted by Crippen LogP contribution is -2.40. The average Bonchev–Trinajstić information content (AvgIpc) is 3.04. The maximum absolute atomic E-state index is 4.43. The van der Waals surface area contributed by atoms with Crippen LogP contribution in [-0.4, -0.2) is 45.6 Å². The van der Waals surface area contributed by atoms with E-state index in [9.17, 15) is 0 Å². The van der Waals surface area contributed by atoms with Crippen molar-refractivity contribution in [3.63, 3.8) is 0 Å². The molecule has 2 N–H and O–H groups in total. The predicted molar refractivity (Wildman–Crippen MR) is 68.4 cm³/mol. The number of anilines is 1. The summed E-state index contributed by atoms with van der Waals surface area (Å²) in [7, 11) is 0. The molecule has 6 nitrogen and oxygen atoms in total. The highest BCUT2D eigenvalue weighted by Gasteiger charge is 2.35. The molecular weight excluding hydrogens is 228 g/mol. The number of nitrogens with one attached hydrogen (secondary N) is 2. The molecule has 94 valence electrons. The van der Waals surface area contributed by atoms with Gasteiger partial charge in [-0.05, 0) is 25.3 Å². The third kappa shape index (κ3) is 1.49. The van der Waals surface area contributed by atoms with E-state index in [0.717, 1.165) is 42.5 Å². The monoisotopic (exact) mass is 244 g/mol. The zero-order valence-electron chi connectivity index (χ0n) is 10.1. The van der Waals surface area contributed by atoms with E-state index in [2.05, 4.69) is 30.2 Å². The number of imidazole rings is 1. The summed E-state index contributed by atoms with van der Waals surface area (Å²) in [5.41, 5.74) is 1.71. The summed E-state index contributed by atoms with van der Waals surface area (Å²) in [5, 5.41) is 3.61. The van der Waals surface area contributed by atoms with Gasteiger partial charge in [0, 0.05) is 19.1 Å². The fourth-order valence-electron chi connectivity index (χ4n) is 3.21. The van der Waals surface area contributed by atoms with Crippen molar-refractivity contribution in [1.82, 2.24) is 25.3 Å². The van der Waals surface area contributed by atoms with Crippen molar-refractivity contribution in [2.75, 3.05) is 24.5 Å². The normalized spacial score (nSPS) is 27.7. The Morgan fingerprint density at radius 1 is 1.22 bits per heavy atom. The van der Waals surface area contributed by atoms with Crippen LogP contribution in [0.4, 0.5) is 5.82 Å². The first-order valence-electron chi connectivity index (χ1n) is 6.54. The molecule has 2 fully saturated rings. The van der Waals surface area contributed by atoms with Gasteiger partial charge in [0.2, 0.25) is 0 Å². The van der Waals surface area contributed by atoms with E-state index in [1.54, 1.807) is 12.7 Å². The van der Waals surface area contributed by atoms with Crippen LogP contribution in [0.2, 0.25) is 0 Å². The Morgan fingerprint density at radius 3 is 3.17 bits per heavy atom. The van der Waals surface area contributed by atoms with Gasteiger partial charge in [0.05, 0.1) is 6.33 Å². The summed E-state index contributed by atoms with van der Waals surface area (Å²) in [6.45, 7) is 3.27. The smallest absolute Gasteiger partial charge is 0.182 e. The minimum Gasteiger partial charge on any atom is -0.353 e. The Balaban J connectivity index is 1.69. The van der Waals surface area contributed by atoms with Crippen LogP contribution in [0.3, 0.4) is 0 Å². The quantitative estimate of drug-likeness (QED) is 0.766. The zero-order chi connectivity index (χ0) is 11.9. The highest BCUT2D eigenvalue weighted by Crippen LogP contribution is 2.30. The summed E-state index contributed by atoms with van der Waals surface area (Å²) in [6.07, 6.45) is 5.90. The fraction of sp³-hybridized carbons (Fsp3) is 0.583. The summed E-state index contributed by atoms with van der Waals surface area (Å²) in [4.78, 5) is 18.3. The molecule has 0 spiro atoms. The molecule has 0 unspecified atom stereocenters. The topological polar surface area (TPSA) is 69.7 Å². The minimum absolute atomic E-state index is 0.617. The van der Waals surface area contributed by atoms with Crippen molar-refractivity contribution in [3.05, 3.63) is 12.7 Å². The fourth-order valence-corrected chi connectivity index (χ4v) is 3.21.